The summed E-state index contributed by atoms with van der Waals surface area (Å²) in [5, 5.41) is 10.4. The summed E-state index contributed by atoms with van der Waals surface area (Å²) in [5.74, 6) is -0.818. The number of amides is 4. The third-order valence-corrected chi connectivity index (χ3v) is 5.28. The average Bonchev–Trinajstić information content (AvgIpc) is 2.94. The molecule has 0 heterocycles. The minimum atomic E-state index is -0.515. The Morgan fingerprint density at radius 3 is 1.58 bits per heavy atom. The lowest BCUT2D eigenvalue weighted by atomic mass is 10.2. The van der Waals surface area contributed by atoms with E-state index in [1.54, 1.807) is 60.7 Å². The fourth-order valence-electron chi connectivity index (χ4n) is 3.46. The van der Waals surface area contributed by atoms with E-state index in [0.717, 1.165) is 0 Å². The van der Waals surface area contributed by atoms with Gasteiger partial charge in [-0.3, -0.25) is 19.2 Å². The lowest BCUT2D eigenvalue weighted by Gasteiger charge is -2.14. The summed E-state index contributed by atoms with van der Waals surface area (Å²) in [6.07, 6.45) is 0. The number of rotatable bonds is 11. The van der Waals surface area contributed by atoms with E-state index in [2.05, 4.69) is 21.3 Å². The first-order valence-electron chi connectivity index (χ1n) is 11.5. The maximum absolute atomic E-state index is 12.5. The molecule has 0 aliphatic heterocycles. The largest absolute Gasteiger partial charge is 0.496 e. The van der Waals surface area contributed by atoms with Crippen molar-refractivity contribution in [1.29, 1.82) is 0 Å². The zero-order valence-electron chi connectivity index (χ0n) is 21.1. The zero-order chi connectivity index (χ0) is 27.5. The van der Waals surface area contributed by atoms with Gasteiger partial charge in [-0.2, -0.15) is 0 Å². The summed E-state index contributed by atoms with van der Waals surface area (Å²) in [7, 11) is 4.33. The second-order valence-electron chi connectivity index (χ2n) is 7.78. The Morgan fingerprint density at radius 1 is 0.605 bits per heavy atom. The SMILES string of the molecule is COc1ccc(NC(=O)CNC(=O)c2ccccc2OC)cc1NC(=O)CNC(=O)c1ccccc1OC. The van der Waals surface area contributed by atoms with Crippen LogP contribution in [0.1, 0.15) is 20.7 Å². The molecule has 0 aliphatic carbocycles. The molecule has 0 saturated heterocycles. The molecule has 0 spiro atoms. The third kappa shape index (κ3) is 7.23. The van der Waals surface area contributed by atoms with Crippen LogP contribution < -0.4 is 35.5 Å². The monoisotopic (exact) mass is 520 g/mol. The normalized spacial score (nSPS) is 10.1. The van der Waals surface area contributed by atoms with Crippen LogP contribution in [0.2, 0.25) is 0 Å². The Morgan fingerprint density at radius 2 is 1.08 bits per heavy atom. The number of anilines is 2. The summed E-state index contributed by atoms with van der Waals surface area (Å²) in [5.41, 5.74) is 1.23. The van der Waals surface area contributed by atoms with Crippen molar-refractivity contribution in [2.24, 2.45) is 0 Å². The maximum Gasteiger partial charge on any atom is 0.255 e. The molecule has 11 nitrogen and oxygen atoms in total. The fourth-order valence-corrected chi connectivity index (χ4v) is 3.46. The van der Waals surface area contributed by atoms with Crippen molar-refractivity contribution in [3.63, 3.8) is 0 Å². The van der Waals surface area contributed by atoms with Gasteiger partial charge in [0.05, 0.1) is 51.2 Å². The van der Waals surface area contributed by atoms with Crippen LogP contribution in [-0.4, -0.2) is 58.0 Å². The highest BCUT2D eigenvalue weighted by molar-refractivity contribution is 6.03. The first-order chi connectivity index (χ1) is 18.4. The van der Waals surface area contributed by atoms with Crippen molar-refractivity contribution in [3.8, 4) is 17.2 Å². The molecule has 0 fully saturated rings. The molecule has 4 amide bonds. The Balaban J connectivity index is 1.57. The van der Waals surface area contributed by atoms with Crippen LogP contribution in [0.25, 0.3) is 0 Å². The van der Waals surface area contributed by atoms with Crippen LogP contribution >= 0.6 is 0 Å². The molecule has 0 bridgehead atoms. The molecule has 198 valence electrons. The van der Waals surface area contributed by atoms with Crippen molar-refractivity contribution in [2.75, 3.05) is 45.1 Å². The third-order valence-electron chi connectivity index (χ3n) is 5.28. The van der Waals surface area contributed by atoms with Crippen LogP contribution in [0.4, 0.5) is 11.4 Å². The van der Waals surface area contributed by atoms with Crippen molar-refractivity contribution in [1.82, 2.24) is 10.6 Å². The number of methoxy groups -OCH3 is 3. The van der Waals surface area contributed by atoms with E-state index in [-0.39, 0.29) is 18.8 Å². The number of para-hydroxylation sites is 2. The van der Waals surface area contributed by atoms with Gasteiger partial charge >= 0.3 is 0 Å². The molecule has 3 aromatic rings. The van der Waals surface area contributed by atoms with Gasteiger partial charge in [-0.15, -0.1) is 0 Å². The van der Waals surface area contributed by atoms with Crippen molar-refractivity contribution < 1.29 is 33.4 Å². The quantitative estimate of drug-likeness (QED) is 0.304. The zero-order valence-corrected chi connectivity index (χ0v) is 21.1. The van der Waals surface area contributed by atoms with Crippen LogP contribution in [0.3, 0.4) is 0 Å². The molecule has 3 rings (SSSR count). The van der Waals surface area contributed by atoms with E-state index in [1.165, 1.54) is 27.4 Å². The molecule has 11 heteroatoms. The molecule has 0 aromatic heterocycles. The summed E-state index contributed by atoms with van der Waals surface area (Å²) < 4.78 is 15.6. The van der Waals surface area contributed by atoms with E-state index < -0.39 is 23.6 Å². The molecule has 3 aromatic carbocycles. The molecule has 0 atom stereocenters. The lowest BCUT2D eigenvalue weighted by Crippen LogP contribution is -2.33. The highest BCUT2D eigenvalue weighted by Gasteiger charge is 2.16. The van der Waals surface area contributed by atoms with Gasteiger partial charge in [0.1, 0.15) is 17.2 Å². The van der Waals surface area contributed by atoms with Gasteiger partial charge in [0.2, 0.25) is 11.8 Å². The summed E-state index contributed by atoms with van der Waals surface area (Å²) in [6, 6.07) is 17.9. The predicted molar refractivity (Wildman–Crippen MR) is 141 cm³/mol. The molecule has 4 N–H and O–H groups in total. The second-order valence-corrected chi connectivity index (χ2v) is 7.78. The van der Waals surface area contributed by atoms with E-state index >= 15 is 0 Å². The van der Waals surface area contributed by atoms with E-state index in [1.807, 2.05) is 0 Å². The van der Waals surface area contributed by atoms with Gasteiger partial charge in [-0.25, -0.2) is 0 Å². The number of hydrogen-bond donors (Lipinski definition) is 4. The molecular weight excluding hydrogens is 492 g/mol. The summed E-state index contributed by atoms with van der Waals surface area (Å²) in [4.78, 5) is 49.8. The molecule has 0 radical (unpaired) electrons. The topological polar surface area (TPSA) is 144 Å². The first-order valence-corrected chi connectivity index (χ1v) is 11.5. The fraction of sp³-hybridized carbons (Fsp3) is 0.185. The first kappa shape index (κ1) is 27.5. The highest BCUT2D eigenvalue weighted by atomic mass is 16.5. The molecular formula is C27H28N4O7. The minimum Gasteiger partial charge on any atom is -0.496 e. The molecule has 0 unspecified atom stereocenters. The number of hydrogen-bond acceptors (Lipinski definition) is 7. The van der Waals surface area contributed by atoms with E-state index in [9.17, 15) is 19.2 Å². The van der Waals surface area contributed by atoms with Gasteiger partial charge in [0.15, 0.2) is 0 Å². The summed E-state index contributed by atoms with van der Waals surface area (Å²) in [6.45, 7) is -0.606. The van der Waals surface area contributed by atoms with Gasteiger partial charge in [0, 0.05) is 5.69 Å². The van der Waals surface area contributed by atoms with Crippen LogP contribution in [0.15, 0.2) is 66.7 Å². The van der Waals surface area contributed by atoms with Crippen LogP contribution in [0, 0.1) is 0 Å². The Labute approximate surface area is 219 Å². The number of ether oxygens (including phenoxy) is 3. The Kier molecular flexibility index (Phi) is 9.64. The summed E-state index contributed by atoms with van der Waals surface area (Å²) >= 11 is 0. The van der Waals surface area contributed by atoms with E-state index in [0.29, 0.717) is 34.1 Å². The minimum absolute atomic E-state index is 0.278. The second kappa shape index (κ2) is 13.3. The predicted octanol–water partition coefficient (Wildman–Crippen LogP) is 2.45. The highest BCUT2D eigenvalue weighted by Crippen LogP contribution is 2.28. The molecule has 38 heavy (non-hydrogen) atoms. The number of carbonyl (C=O) groups is 4. The van der Waals surface area contributed by atoms with Crippen molar-refractivity contribution in [3.05, 3.63) is 77.9 Å². The van der Waals surface area contributed by atoms with Gasteiger partial charge in [-0.05, 0) is 42.5 Å². The van der Waals surface area contributed by atoms with Gasteiger partial charge in [-0.1, -0.05) is 24.3 Å². The Bertz CT molecular complexity index is 1330. The molecule has 0 aliphatic rings. The Hall–Kier alpha value is -5.06. The number of nitrogens with one attached hydrogen (secondary N) is 4. The standard InChI is InChI=1S/C27H28N4O7/c1-36-21-10-6-4-8-18(21)26(34)28-15-24(32)30-17-12-13-23(38-3)20(14-17)31-25(33)16-29-27(35)19-9-5-7-11-22(19)37-2/h4-14H,15-16H2,1-3H3,(H,28,34)(H,29,35)(H,30,32)(H,31,33). The smallest absolute Gasteiger partial charge is 0.255 e. The number of carbonyl (C=O) groups excluding carboxylic acids is 4. The van der Waals surface area contributed by atoms with Gasteiger partial charge < -0.3 is 35.5 Å². The van der Waals surface area contributed by atoms with Gasteiger partial charge in [0.25, 0.3) is 11.8 Å². The van der Waals surface area contributed by atoms with Crippen molar-refractivity contribution >= 4 is 35.0 Å². The van der Waals surface area contributed by atoms with Crippen LogP contribution in [0.5, 0.6) is 17.2 Å². The number of benzene rings is 3. The van der Waals surface area contributed by atoms with Crippen molar-refractivity contribution in [2.45, 2.75) is 0 Å². The average molecular weight is 521 g/mol. The van der Waals surface area contributed by atoms with Crippen LogP contribution in [-0.2, 0) is 9.59 Å². The van der Waals surface area contributed by atoms with E-state index in [4.69, 9.17) is 14.2 Å². The maximum atomic E-state index is 12.5. The lowest BCUT2D eigenvalue weighted by molar-refractivity contribution is -0.116. The molecule has 0 saturated carbocycles.